The average Bonchev–Trinajstić information content (AvgIpc) is 3.64. The Morgan fingerprint density at radius 3 is 1.45 bits per heavy atom. The lowest BCUT2D eigenvalue weighted by Crippen LogP contribution is -2.73. The fourth-order valence-corrected chi connectivity index (χ4v) is 23.5. The Kier molecular flexibility index (Phi) is 15.5. The summed E-state index contributed by atoms with van der Waals surface area (Å²) in [5.41, 5.74) is 0. The highest BCUT2D eigenvalue weighted by Crippen LogP contribution is 2.48. The van der Waals surface area contributed by atoms with Crippen molar-refractivity contribution in [2.24, 2.45) is 0 Å². The molecule has 3 aliphatic heterocycles. The molecule has 0 radical (unpaired) electrons. The predicted molar refractivity (Wildman–Crippen MR) is 269 cm³/mol. The summed E-state index contributed by atoms with van der Waals surface area (Å²) >= 11 is 0. The number of fused-ring (bicyclic) bond motifs is 2. The summed E-state index contributed by atoms with van der Waals surface area (Å²) in [5.74, 6) is -0.884. The van der Waals surface area contributed by atoms with Gasteiger partial charge in [0, 0.05) is 6.42 Å². The van der Waals surface area contributed by atoms with Gasteiger partial charge in [-0.3, -0.25) is 4.79 Å². The Morgan fingerprint density at radius 1 is 0.646 bits per heavy atom. The van der Waals surface area contributed by atoms with Crippen LogP contribution in [0.2, 0.25) is 28.2 Å². The fourth-order valence-electron chi connectivity index (χ4n) is 11.2. The Hall–Kier alpha value is -3.50. The molecule has 3 aliphatic rings. The van der Waals surface area contributed by atoms with Crippen molar-refractivity contribution in [2.45, 2.75) is 171 Å². The van der Waals surface area contributed by atoms with E-state index in [2.05, 4.69) is 190 Å². The lowest BCUT2D eigenvalue weighted by Gasteiger charge is -2.53. The molecule has 1 N–H and O–H groups in total. The SMILES string of the molecule is C=CC(C[C@H]1O[C@@H]2C(O[C@H]3CC[C@H](CC(=O)O)O[C@@H]3[C@@H]2O[Si](c2ccccc2)(c2ccccc2)C(C)(C)C)[C@H]1O[Si](c1ccccc1)(c1ccccc1)C(C)(C)C)O[Si](CC)(CC)CC. The molecule has 0 amide bonds. The molecule has 0 aliphatic carbocycles. The zero-order valence-corrected chi connectivity index (χ0v) is 43.3. The molecule has 3 heterocycles. The van der Waals surface area contributed by atoms with Crippen LogP contribution in [0.3, 0.4) is 0 Å². The van der Waals surface area contributed by atoms with Gasteiger partial charge in [0.2, 0.25) is 0 Å². The van der Waals surface area contributed by atoms with Gasteiger partial charge in [-0.25, -0.2) is 0 Å². The van der Waals surface area contributed by atoms with Gasteiger partial charge in [-0.15, -0.1) is 6.58 Å². The van der Waals surface area contributed by atoms with Crippen LogP contribution in [0.25, 0.3) is 0 Å². The molecule has 4 aromatic rings. The van der Waals surface area contributed by atoms with Gasteiger partial charge in [0.05, 0.1) is 30.8 Å². The minimum absolute atomic E-state index is 0.0946. The van der Waals surface area contributed by atoms with Crippen LogP contribution in [0.5, 0.6) is 0 Å². The second-order valence-electron chi connectivity index (χ2n) is 20.5. The molecule has 11 heteroatoms. The van der Waals surface area contributed by atoms with Gasteiger partial charge in [0.25, 0.3) is 16.6 Å². The van der Waals surface area contributed by atoms with E-state index in [-0.39, 0.29) is 28.7 Å². The number of benzene rings is 4. The number of hydrogen-bond acceptors (Lipinski definition) is 7. The summed E-state index contributed by atoms with van der Waals surface area (Å²) < 4.78 is 45.6. The number of carboxylic acid groups (broad SMARTS) is 1. The molecule has 65 heavy (non-hydrogen) atoms. The Morgan fingerprint density at radius 2 is 1.06 bits per heavy atom. The Labute approximate surface area is 392 Å². The highest BCUT2D eigenvalue weighted by atomic mass is 28.4. The molecule has 2 unspecified atom stereocenters. The summed E-state index contributed by atoms with van der Waals surface area (Å²) in [6, 6.07) is 45.9. The second-order valence-corrected chi connectivity index (χ2v) is 33.8. The summed E-state index contributed by atoms with van der Waals surface area (Å²) in [7, 11) is -8.50. The maximum atomic E-state index is 12.3. The average molecular weight is 935 g/mol. The number of rotatable bonds is 18. The Balaban J connectivity index is 1.44. The number of aliphatic carboxylic acids is 1. The molecular formula is C54H74O8Si3. The van der Waals surface area contributed by atoms with Gasteiger partial charge in [-0.05, 0) is 61.8 Å². The van der Waals surface area contributed by atoms with Crippen LogP contribution in [0.15, 0.2) is 134 Å². The first kappa shape index (κ1) is 49.4. The van der Waals surface area contributed by atoms with E-state index in [9.17, 15) is 9.90 Å². The number of hydrogen-bond donors (Lipinski definition) is 1. The smallest absolute Gasteiger partial charge is 0.305 e. The molecule has 3 fully saturated rings. The van der Waals surface area contributed by atoms with E-state index in [1.807, 2.05) is 6.08 Å². The molecule has 0 spiro atoms. The molecule has 7 rings (SSSR count). The normalized spacial score (nSPS) is 25.6. The van der Waals surface area contributed by atoms with Crippen LogP contribution in [0.1, 0.15) is 88.0 Å². The maximum Gasteiger partial charge on any atom is 0.305 e. The monoisotopic (exact) mass is 934 g/mol. The highest BCUT2D eigenvalue weighted by molar-refractivity contribution is 7.00. The maximum absolute atomic E-state index is 12.3. The first-order valence-electron chi connectivity index (χ1n) is 24.1. The number of ether oxygens (including phenoxy) is 3. The number of carbonyl (C=O) groups is 1. The van der Waals surface area contributed by atoms with Gasteiger partial charge < -0.3 is 32.6 Å². The zero-order valence-electron chi connectivity index (χ0n) is 40.3. The molecule has 8 nitrogen and oxygen atoms in total. The standard InChI is InChI=1S/C54H74O8Si3/c1-11-39(60-63(12-2,13-3)14-4)37-46-49(61-64(53(5,6)7,41-27-19-15-20-28-41)42-29-21-16-22-30-42)50-51(59-46)52(48-45(58-50)36-35-40(57-48)38-47(55)56)62-65(54(8,9)10,43-31-23-17-24-32-43)44-33-25-18-26-34-44/h11,15-34,39-40,45-46,48-52H,1,12-14,35-38H2,2-10H3,(H,55,56)/t39?,40-,45+,46-,48+,49+,50?,51-,52+/m1/s1. The molecule has 0 saturated carbocycles. The number of carboxylic acids is 1. The molecule has 9 atom stereocenters. The van der Waals surface area contributed by atoms with Gasteiger partial charge in [-0.1, -0.05) is 190 Å². The van der Waals surface area contributed by atoms with Gasteiger partial charge in [0.1, 0.15) is 30.5 Å². The van der Waals surface area contributed by atoms with Crippen molar-refractivity contribution in [3.8, 4) is 0 Å². The van der Waals surface area contributed by atoms with Crippen molar-refractivity contribution < 1.29 is 37.4 Å². The summed E-state index contributed by atoms with van der Waals surface area (Å²) in [6.07, 6.45) is -0.936. The molecule has 0 aromatic heterocycles. The molecule has 3 saturated heterocycles. The summed E-state index contributed by atoms with van der Waals surface area (Å²) in [6.45, 7) is 24.9. The van der Waals surface area contributed by atoms with Crippen LogP contribution < -0.4 is 20.7 Å². The molecule has 0 bridgehead atoms. The van der Waals surface area contributed by atoms with Crippen molar-refractivity contribution in [3.63, 3.8) is 0 Å². The minimum Gasteiger partial charge on any atom is -0.481 e. The van der Waals surface area contributed by atoms with Gasteiger partial charge >= 0.3 is 5.97 Å². The van der Waals surface area contributed by atoms with E-state index in [4.69, 9.17) is 27.5 Å². The second kappa shape index (κ2) is 20.4. The molecule has 4 aromatic carbocycles. The minimum atomic E-state index is -3.24. The quantitative estimate of drug-likeness (QED) is 0.0780. The zero-order chi connectivity index (χ0) is 46.6. The van der Waals surface area contributed by atoms with Crippen LogP contribution in [-0.2, 0) is 32.3 Å². The summed E-state index contributed by atoms with van der Waals surface area (Å²) in [5, 5.41) is 14.0. The van der Waals surface area contributed by atoms with Gasteiger partial charge in [0.15, 0.2) is 8.32 Å². The first-order valence-corrected chi connectivity index (χ1v) is 30.5. The largest absolute Gasteiger partial charge is 0.481 e. The molecular weight excluding hydrogens is 861 g/mol. The van der Waals surface area contributed by atoms with Crippen molar-refractivity contribution in [3.05, 3.63) is 134 Å². The van der Waals surface area contributed by atoms with Crippen LogP contribution in [0, 0.1) is 0 Å². The third-order valence-corrected chi connectivity index (χ3v) is 29.5. The lowest BCUT2D eigenvalue weighted by atomic mass is 9.87. The van der Waals surface area contributed by atoms with Crippen LogP contribution in [-0.4, -0.2) is 91.0 Å². The Bertz CT molecular complexity index is 2050. The third-order valence-electron chi connectivity index (χ3n) is 14.7. The van der Waals surface area contributed by atoms with Crippen molar-refractivity contribution in [1.82, 2.24) is 0 Å². The van der Waals surface area contributed by atoms with Crippen molar-refractivity contribution >= 4 is 51.7 Å². The van der Waals surface area contributed by atoms with Gasteiger partial charge in [-0.2, -0.15) is 0 Å². The predicted octanol–water partition coefficient (Wildman–Crippen LogP) is 9.40. The van der Waals surface area contributed by atoms with Crippen LogP contribution >= 0.6 is 0 Å². The summed E-state index contributed by atoms with van der Waals surface area (Å²) in [4.78, 5) is 12.3. The van der Waals surface area contributed by atoms with Crippen molar-refractivity contribution in [1.29, 1.82) is 0 Å². The first-order chi connectivity index (χ1) is 31.1. The van der Waals surface area contributed by atoms with Crippen molar-refractivity contribution in [2.75, 3.05) is 0 Å². The fraction of sp³-hybridized carbons (Fsp3) is 0.500. The topological polar surface area (TPSA) is 92.7 Å². The van der Waals surface area contributed by atoms with E-state index in [1.165, 1.54) is 10.4 Å². The van der Waals surface area contributed by atoms with E-state index >= 15 is 0 Å². The van der Waals surface area contributed by atoms with E-state index in [0.29, 0.717) is 19.3 Å². The van der Waals surface area contributed by atoms with E-state index in [0.717, 1.165) is 28.5 Å². The van der Waals surface area contributed by atoms with E-state index in [1.54, 1.807) is 0 Å². The highest BCUT2D eigenvalue weighted by Gasteiger charge is 2.64. The van der Waals surface area contributed by atoms with Crippen LogP contribution in [0.4, 0.5) is 0 Å². The molecule has 350 valence electrons. The lowest BCUT2D eigenvalue weighted by molar-refractivity contribution is -0.255. The van der Waals surface area contributed by atoms with E-state index < -0.39 is 73.6 Å². The third kappa shape index (κ3) is 9.78.